The fourth-order valence-electron chi connectivity index (χ4n) is 4.48. The van der Waals surface area contributed by atoms with Gasteiger partial charge in [-0.15, -0.1) is 0 Å². The average Bonchev–Trinajstić information content (AvgIpc) is 2.98. The van der Waals surface area contributed by atoms with Crippen molar-refractivity contribution in [2.45, 2.75) is 44.3 Å². The van der Waals surface area contributed by atoms with Crippen LogP contribution in [-0.4, -0.2) is 42.3 Å². The molecule has 3 rings (SSSR count). The van der Waals surface area contributed by atoms with Crippen molar-refractivity contribution in [3.63, 3.8) is 0 Å². The van der Waals surface area contributed by atoms with Crippen molar-refractivity contribution in [3.8, 4) is 0 Å². The molecule has 0 bridgehead atoms. The number of nitrogens with zero attached hydrogens (tertiary/aromatic N) is 1. The second kappa shape index (κ2) is 15.2. The molecule has 0 fully saturated rings. The van der Waals surface area contributed by atoms with Gasteiger partial charge in [0.15, 0.2) is 17.3 Å². The lowest BCUT2D eigenvalue weighted by Crippen LogP contribution is -2.61. The molecule has 0 unspecified atom stereocenters. The monoisotopic (exact) mass is 557 g/mol. The highest BCUT2D eigenvalue weighted by Crippen LogP contribution is 2.31. The van der Waals surface area contributed by atoms with Gasteiger partial charge in [-0.2, -0.15) is 0 Å². The van der Waals surface area contributed by atoms with E-state index < -0.39 is 23.1 Å². The Hall–Kier alpha value is -4.70. The zero-order valence-electron chi connectivity index (χ0n) is 23.3. The molecule has 0 heterocycles. The normalized spacial score (nSPS) is 12.2. The first-order valence-corrected chi connectivity index (χ1v) is 13.6. The molecule has 0 radical (unpaired) electrons. The Labute approximate surface area is 240 Å². The van der Waals surface area contributed by atoms with Gasteiger partial charge in [-0.25, -0.2) is 4.79 Å². The summed E-state index contributed by atoms with van der Waals surface area (Å²) >= 11 is 0. The van der Waals surface area contributed by atoms with Crippen LogP contribution in [0.5, 0.6) is 0 Å². The fourth-order valence-corrected chi connectivity index (χ4v) is 4.48. The van der Waals surface area contributed by atoms with Crippen LogP contribution in [0.15, 0.2) is 89.9 Å². The summed E-state index contributed by atoms with van der Waals surface area (Å²) in [6.07, 6.45) is 0.381. The molecule has 0 saturated carbocycles. The summed E-state index contributed by atoms with van der Waals surface area (Å²) in [7, 11) is 0. The first-order chi connectivity index (χ1) is 19.7. The molecule has 41 heavy (non-hydrogen) atoms. The van der Waals surface area contributed by atoms with Gasteiger partial charge >= 0.3 is 6.03 Å². The Balaban J connectivity index is 1.81. The van der Waals surface area contributed by atoms with Crippen molar-refractivity contribution in [2.24, 2.45) is 22.2 Å². The lowest BCUT2D eigenvalue weighted by atomic mass is 9.76. The minimum atomic E-state index is -1.84. The zero-order chi connectivity index (χ0) is 29.7. The van der Waals surface area contributed by atoms with Crippen molar-refractivity contribution in [3.05, 3.63) is 107 Å². The summed E-state index contributed by atoms with van der Waals surface area (Å²) < 4.78 is 0. The Bertz CT molecular complexity index is 1270. The highest BCUT2D eigenvalue weighted by atomic mass is 16.2. The molecular formula is C31H39N7O3. The maximum atomic E-state index is 14.3. The van der Waals surface area contributed by atoms with Crippen LogP contribution in [0.4, 0.5) is 4.79 Å². The molecule has 0 spiro atoms. The van der Waals surface area contributed by atoms with Crippen molar-refractivity contribution in [1.29, 1.82) is 0 Å². The minimum absolute atomic E-state index is 0.0506. The highest BCUT2D eigenvalue weighted by Gasteiger charge is 2.45. The molecule has 3 aromatic carbocycles. The predicted molar refractivity (Wildman–Crippen MR) is 161 cm³/mol. The average molecular weight is 558 g/mol. The van der Waals surface area contributed by atoms with Crippen LogP contribution in [0.1, 0.15) is 47.9 Å². The second-order valence-electron chi connectivity index (χ2n) is 9.71. The van der Waals surface area contributed by atoms with E-state index in [1.807, 2.05) is 91.9 Å². The van der Waals surface area contributed by atoms with Gasteiger partial charge in [0, 0.05) is 26.2 Å². The van der Waals surface area contributed by atoms with Crippen LogP contribution in [0.25, 0.3) is 0 Å². The summed E-state index contributed by atoms with van der Waals surface area (Å²) in [5, 5.41) is 8.32. The number of amides is 3. The van der Waals surface area contributed by atoms with Crippen molar-refractivity contribution < 1.29 is 14.4 Å². The van der Waals surface area contributed by atoms with E-state index in [4.69, 9.17) is 17.2 Å². The quantitative estimate of drug-likeness (QED) is 0.0766. The Morgan fingerprint density at radius 3 is 1.78 bits per heavy atom. The van der Waals surface area contributed by atoms with E-state index in [1.165, 1.54) is 0 Å². The molecule has 216 valence electrons. The number of rotatable bonds is 14. The number of urea groups is 1. The van der Waals surface area contributed by atoms with Gasteiger partial charge in [0.25, 0.3) is 0 Å². The molecule has 0 aliphatic heterocycles. The number of ketones is 1. The van der Waals surface area contributed by atoms with Crippen LogP contribution in [-0.2, 0) is 22.7 Å². The minimum Gasteiger partial charge on any atom is -0.370 e. The summed E-state index contributed by atoms with van der Waals surface area (Å²) in [6.45, 7) is 3.16. The van der Waals surface area contributed by atoms with Gasteiger partial charge in [-0.05, 0) is 42.0 Å². The van der Waals surface area contributed by atoms with E-state index in [-0.39, 0.29) is 31.5 Å². The largest absolute Gasteiger partial charge is 0.370 e. The van der Waals surface area contributed by atoms with E-state index in [0.29, 0.717) is 19.5 Å². The number of benzene rings is 3. The third-order valence-electron chi connectivity index (χ3n) is 6.66. The molecule has 1 atom stereocenters. The summed E-state index contributed by atoms with van der Waals surface area (Å²) in [6, 6.07) is 25.8. The highest BCUT2D eigenvalue weighted by molar-refractivity contribution is 6.13. The first kappa shape index (κ1) is 30.8. The van der Waals surface area contributed by atoms with Gasteiger partial charge in [-0.1, -0.05) is 84.9 Å². The van der Waals surface area contributed by atoms with Crippen molar-refractivity contribution in [1.82, 2.24) is 16.0 Å². The molecule has 9 N–H and O–H groups in total. The van der Waals surface area contributed by atoms with Gasteiger partial charge in [-0.3, -0.25) is 14.6 Å². The van der Waals surface area contributed by atoms with Crippen molar-refractivity contribution >= 4 is 23.7 Å². The standard InChI is InChI=1S/C31H39N7O3/c1-2-35-30(41)38-21-23-16-14-22(15-17-23)20-37-28(40)31(34,18-9-19-36-29(32)33)27(39)26(24-10-5-3-6-11-24)25-12-7-4-8-13-25/h3-8,10-17,26H,2,9,18-21,34H2,1H3,(H,37,40)(H4,32,33,36)(H2,35,38,41)/t31-/m1/s1. The zero-order valence-corrected chi connectivity index (χ0v) is 23.3. The number of Topliss-reactive ketones (excluding diaryl/α,β-unsaturated/α-hetero) is 1. The third kappa shape index (κ3) is 8.91. The molecule has 3 amide bonds. The molecular weight excluding hydrogens is 518 g/mol. The number of nitrogens with one attached hydrogen (secondary N) is 3. The van der Waals surface area contributed by atoms with Crippen LogP contribution >= 0.6 is 0 Å². The molecule has 0 aromatic heterocycles. The lowest BCUT2D eigenvalue weighted by Gasteiger charge is -2.31. The molecule has 0 aliphatic carbocycles. The van der Waals surface area contributed by atoms with Gasteiger partial charge in [0.1, 0.15) is 0 Å². The van der Waals surface area contributed by atoms with E-state index in [0.717, 1.165) is 22.3 Å². The molecule has 0 saturated heterocycles. The van der Waals surface area contributed by atoms with Crippen LogP contribution in [0.2, 0.25) is 0 Å². The molecule has 10 heteroatoms. The van der Waals surface area contributed by atoms with Gasteiger partial charge < -0.3 is 33.2 Å². The number of nitrogens with two attached hydrogens (primary N) is 3. The summed E-state index contributed by atoms with van der Waals surface area (Å²) in [4.78, 5) is 43.6. The second-order valence-corrected chi connectivity index (χ2v) is 9.71. The third-order valence-corrected chi connectivity index (χ3v) is 6.66. The Morgan fingerprint density at radius 2 is 1.29 bits per heavy atom. The van der Waals surface area contributed by atoms with Crippen LogP contribution in [0, 0.1) is 0 Å². The maximum absolute atomic E-state index is 14.3. The number of hydrogen-bond acceptors (Lipinski definition) is 5. The first-order valence-electron chi connectivity index (χ1n) is 13.6. The van der Waals surface area contributed by atoms with Gasteiger partial charge in [0.05, 0.1) is 5.92 Å². The van der Waals surface area contributed by atoms with Crippen LogP contribution < -0.4 is 33.2 Å². The molecule has 0 aliphatic rings. The number of carbonyl (C=O) groups excluding carboxylic acids is 3. The van der Waals surface area contributed by atoms with E-state index in [2.05, 4.69) is 20.9 Å². The number of hydrogen-bond donors (Lipinski definition) is 6. The summed E-state index contributed by atoms with van der Waals surface area (Å²) in [5.74, 6) is -1.80. The Kier molecular flexibility index (Phi) is 11.4. The molecule has 10 nitrogen and oxygen atoms in total. The van der Waals surface area contributed by atoms with E-state index in [1.54, 1.807) is 0 Å². The van der Waals surface area contributed by atoms with E-state index >= 15 is 0 Å². The van der Waals surface area contributed by atoms with Crippen LogP contribution in [0.3, 0.4) is 0 Å². The Morgan fingerprint density at radius 1 is 0.780 bits per heavy atom. The number of guanidine groups is 1. The summed E-state index contributed by atoms with van der Waals surface area (Å²) in [5.41, 5.74) is 19.0. The van der Waals surface area contributed by atoms with Crippen molar-refractivity contribution in [2.75, 3.05) is 13.1 Å². The van der Waals surface area contributed by atoms with E-state index in [9.17, 15) is 14.4 Å². The topological polar surface area (TPSA) is 178 Å². The lowest BCUT2D eigenvalue weighted by molar-refractivity contribution is -0.136. The fraction of sp³-hybridized carbons (Fsp3) is 0.290. The predicted octanol–water partition coefficient (Wildman–Crippen LogP) is 2.27. The molecule has 3 aromatic rings. The SMILES string of the molecule is CCNC(=O)NCc1ccc(CNC(=O)[C@@](N)(CCCN=C(N)N)C(=O)C(c2ccccc2)c2ccccc2)cc1. The van der Waals surface area contributed by atoms with Gasteiger partial charge in [0.2, 0.25) is 5.91 Å². The number of carbonyl (C=O) groups is 3. The smallest absolute Gasteiger partial charge is 0.315 e. The number of aliphatic imine (C=N–C) groups is 1. The maximum Gasteiger partial charge on any atom is 0.315 e.